The molecule has 19 heavy (non-hydrogen) atoms. The summed E-state index contributed by atoms with van der Waals surface area (Å²) in [7, 11) is 0. The van der Waals surface area contributed by atoms with Crippen molar-refractivity contribution in [2.75, 3.05) is 4.90 Å². The third-order valence-corrected chi connectivity index (χ3v) is 3.66. The summed E-state index contributed by atoms with van der Waals surface area (Å²) in [6, 6.07) is 4.23. The zero-order valence-electron chi connectivity index (χ0n) is 10.8. The lowest BCUT2D eigenvalue weighted by molar-refractivity contribution is -0.136. The van der Waals surface area contributed by atoms with Crippen LogP contribution >= 0.6 is 23.2 Å². The van der Waals surface area contributed by atoms with Gasteiger partial charge in [0.2, 0.25) is 5.91 Å². The molecule has 2 amide bonds. The Labute approximate surface area is 121 Å². The molecule has 1 aliphatic rings. The van der Waals surface area contributed by atoms with Gasteiger partial charge < -0.3 is 5.32 Å². The summed E-state index contributed by atoms with van der Waals surface area (Å²) < 4.78 is 0. The molecule has 1 fully saturated rings. The van der Waals surface area contributed by atoms with Gasteiger partial charge in [0.15, 0.2) is 0 Å². The van der Waals surface area contributed by atoms with Gasteiger partial charge in [0.05, 0.1) is 10.7 Å². The minimum atomic E-state index is -0.952. The normalized spacial score (nSPS) is 22.4. The van der Waals surface area contributed by atoms with E-state index in [1.807, 2.05) is 0 Å². The van der Waals surface area contributed by atoms with Gasteiger partial charge in [-0.1, -0.05) is 23.2 Å². The molecule has 0 spiro atoms. The van der Waals surface area contributed by atoms with E-state index in [1.165, 1.54) is 4.90 Å². The molecule has 1 aromatic rings. The molecule has 0 radical (unpaired) electrons. The molecule has 0 aliphatic carbocycles. The smallest absolute Gasteiger partial charge is 0.252 e. The van der Waals surface area contributed by atoms with Gasteiger partial charge in [0.1, 0.15) is 11.6 Å². The highest BCUT2D eigenvalue weighted by Crippen LogP contribution is 2.33. The Hall–Kier alpha value is -1.26. The minimum Gasteiger partial charge on any atom is -0.340 e. The van der Waals surface area contributed by atoms with Crippen molar-refractivity contribution in [2.24, 2.45) is 0 Å². The standard InChI is InChI=1S/C13H14Cl2N2O2/c1-7-11(18)16-13(2,3)12(19)17(7)10-5-4-8(14)6-9(10)15/h4-7H,1-3H3,(H,16,18). The molecule has 6 heteroatoms. The van der Waals surface area contributed by atoms with Crippen molar-refractivity contribution >= 4 is 40.7 Å². The molecule has 1 saturated heterocycles. The number of nitrogens with one attached hydrogen (secondary N) is 1. The first-order valence-electron chi connectivity index (χ1n) is 5.85. The van der Waals surface area contributed by atoms with Crippen LogP contribution < -0.4 is 10.2 Å². The number of hydrogen-bond donors (Lipinski definition) is 1. The monoisotopic (exact) mass is 300 g/mol. The van der Waals surface area contributed by atoms with Gasteiger partial charge in [-0.15, -0.1) is 0 Å². The van der Waals surface area contributed by atoms with Crippen molar-refractivity contribution in [2.45, 2.75) is 32.4 Å². The lowest BCUT2D eigenvalue weighted by Gasteiger charge is -2.41. The number of halogens is 2. The van der Waals surface area contributed by atoms with Crippen LogP contribution in [0.5, 0.6) is 0 Å². The van der Waals surface area contributed by atoms with Crippen LogP contribution in [-0.2, 0) is 9.59 Å². The number of benzene rings is 1. The first-order valence-corrected chi connectivity index (χ1v) is 6.60. The van der Waals surface area contributed by atoms with E-state index in [9.17, 15) is 9.59 Å². The highest BCUT2D eigenvalue weighted by molar-refractivity contribution is 6.37. The van der Waals surface area contributed by atoms with Crippen molar-refractivity contribution in [3.05, 3.63) is 28.2 Å². The van der Waals surface area contributed by atoms with E-state index in [2.05, 4.69) is 5.32 Å². The van der Waals surface area contributed by atoms with Crippen LogP contribution in [0.2, 0.25) is 10.0 Å². The quantitative estimate of drug-likeness (QED) is 0.867. The summed E-state index contributed by atoms with van der Waals surface area (Å²) in [5, 5.41) is 3.51. The Morgan fingerprint density at radius 1 is 1.26 bits per heavy atom. The molecule has 0 aromatic heterocycles. The molecule has 1 unspecified atom stereocenters. The number of amides is 2. The molecule has 1 aromatic carbocycles. The third-order valence-electron chi connectivity index (χ3n) is 3.13. The zero-order valence-corrected chi connectivity index (χ0v) is 12.3. The maximum atomic E-state index is 12.5. The number of nitrogens with zero attached hydrogens (tertiary/aromatic N) is 1. The molecule has 1 aliphatic heterocycles. The number of carbonyl (C=O) groups is 2. The summed E-state index contributed by atoms with van der Waals surface area (Å²) in [6.45, 7) is 4.99. The minimum absolute atomic E-state index is 0.205. The SMILES string of the molecule is CC1C(=O)NC(C)(C)C(=O)N1c1ccc(Cl)cc1Cl. The van der Waals surface area contributed by atoms with Gasteiger partial charge in [-0.05, 0) is 39.0 Å². The topological polar surface area (TPSA) is 49.4 Å². The molecule has 0 saturated carbocycles. The zero-order chi connectivity index (χ0) is 14.4. The fourth-order valence-electron chi connectivity index (χ4n) is 2.05. The maximum absolute atomic E-state index is 12.5. The van der Waals surface area contributed by atoms with Crippen LogP contribution in [-0.4, -0.2) is 23.4 Å². The molecule has 1 atom stereocenters. The van der Waals surface area contributed by atoms with Gasteiger partial charge in [0, 0.05) is 5.02 Å². The Morgan fingerprint density at radius 2 is 1.89 bits per heavy atom. The highest BCUT2D eigenvalue weighted by Gasteiger charge is 2.44. The van der Waals surface area contributed by atoms with Gasteiger partial charge in [-0.2, -0.15) is 0 Å². The number of hydrogen-bond acceptors (Lipinski definition) is 2. The summed E-state index contributed by atoms with van der Waals surface area (Å²) in [6.07, 6.45) is 0. The van der Waals surface area contributed by atoms with Crippen molar-refractivity contribution in [3.8, 4) is 0 Å². The largest absolute Gasteiger partial charge is 0.340 e. The van der Waals surface area contributed by atoms with E-state index in [0.29, 0.717) is 15.7 Å². The van der Waals surface area contributed by atoms with E-state index < -0.39 is 11.6 Å². The number of rotatable bonds is 1. The average molecular weight is 301 g/mol. The van der Waals surface area contributed by atoms with Crippen LogP contribution in [0.15, 0.2) is 18.2 Å². The molecule has 0 bridgehead atoms. The van der Waals surface area contributed by atoms with Crippen LogP contribution in [0, 0.1) is 0 Å². The second kappa shape index (κ2) is 4.69. The molecular formula is C13H14Cl2N2O2. The third kappa shape index (κ3) is 2.42. The number of anilines is 1. The molecule has 1 N–H and O–H groups in total. The molecule has 102 valence electrons. The van der Waals surface area contributed by atoms with E-state index in [0.717, 1.165) is 0 Å². The second-order valence-corrected chi connectivity index (χ2v) is 5.90. The van der Waals surface area contributed by atoms with Crippen LogP contribution in [0.4, 0.5) is 5.69 Å². The second-order valence-electron chi connectivity index (χ2n) is 5.06. The fourth-order valence-corrected chi connectivity index (χ4v) is 2.55. The van der Waals surface area contributed by atoms with Crippen LogP contribution in [0.3, 0.4) is 0 Å². The van der Waals surface area contributed by atoms with E-state index in [4.69, 9.17) is 23.2 Å². The van der Waals surface area contributed by atoms with E-state index >= 15 is 0 Å². The Morgan fingerprint density at radius 3 is 2.47 bits per heavy atom. The van der Waals surface area contributed by atoms with Gasteiger partial charge in [-0.3, -0.25) is 14.5 Å². The fraction of sp³-hybridized carbons (Fsp3) is 0.385. The Kier molecular flexibility index (Phi) is 3.49. The van der Waals surface area contributed by atoms with Gasteiger partial charge >= 0.3 is 0 Å². The molecule has 2 rings (SSSR count). The number of carbonyl (C=O) groups excluding carboxylic acids is 2. The Balaban J connectivity index is 2.51. The van der Waals surface area contributed by atoms with Crippen molar-refractivity contribution in [3.63, 3.8) is 0 Å². The predicted molar refractivity (Wildman–Crippen MR) is 75.6 cm³/mol. The average Bonchev–Trinajstić information content (AvgIpc) is 2.29. The summed E-state index contributed by atoms with van der Waals surface area (Å²) >= 11 is 12.0. The lowest BCUT2D eigenvalue weighted by atomic mass is 9.96. The lowest BCUT2D eigenvalue weighted by Crippen LogP contribution is -2.67. The predicted octanol–water partition coefficient (Wildman–Crippen LogP) is 2.62. The first-order chi connectivity index (χ1) is 8.74. The van der Waals surface area contributed by atoms with Gasteiger partial charge in [-0.25, -0.2) is 0 Å². The van der Waals surface area contributed by atoms with Crippen LogP contribution in [0.1, 0.15) is 20.8 Å². The molecule has 4 nitrogen and oxygen atoms in total. The summed E-state index contributed by atoms with van der Waals surface area (Å²) in [5.74, 6) is -0.417. The first kappa shape index (κ1) is 14.2. The van der Waals surface area contributed by atoms with Crippen molar-refractivity contribution < 1.29 is 9.59 Å². The Bertz CT molecular complexity index is 558. The van der Waals surface area contributed by atoms with E-state index in [-0.39, 0.29) is 11.8 Å². The van der Waals surface area contributed by atoms with Crippen molar-refractivity contribution in [1.82, 2.24) is 5.32 Å². The van der Waals surface area contributed by atoms with Crippen molar-refractivity contribution in [1.29, 1.82) is 0 Å². The van der Waals surface area contributed by atoms with Gasteiger partial charge in [0.25, 0.3) is 5.91 Å². The maximum Gasteiger partial charge on any atom is 0.252 e. The molecular weight excluding hydrogens is 287 g/mol. The van der Waals surface area contributed by atoms with Crippen LogP contribution in [0.25, 0.3) is 0 Å². The summed E-state index contributed by atoms with van der Waals surface area (Å²) in [5.41, 5.74) is -0.460. The summed E-state index contributed by atoms with van der Waals surface area (Å²) in [4.78, 5) is 25.8. The molecule has 1 heterocycles. The number of piperazine rings is 1. The highest BCUT2D eigenvalue weighted by atomic mass is 35.5. The van der Waals surface area contributed by atoms with E-state index in [1.54, 1.807) is 39.0 Å².